The van der Waals surface area contributed by atoms with E-state index in [1.165, 1.54) is 0 Å². The zero-order chi connectivity index (χ0) is 17.8. The number of rotatable bonds is 11. The lowest BCUT2D eigenvalue weighted by Crippen LogP contribution is -2.09. The van der Waals surface area contributed by atoms with E-state index >= 15 is 0 Å². The molecule has 5 nitrogen and oxygen atoms in total. The highest BCUT2D eigenvalue weighted by Gasteiger charge is 2.00. The number of methoxy groups -OCH3 is 2. The molecular formula is C18H27N3O2S. The lowest BCUT2D eigenvalue weighted by atomic mass is 10.2. The number of allylic oxidation sites excluding steroid dienone is 2. The van der Waals surface area contributed by atoms with Gasteiger partial charge in [0, 0.05) is 30.5 Å². The Hall–Kier alpha value is -2.08. The minimum absolute atomic E-state index is 0.377. The van der Waals surface area contributed by atoms with Crippen molar-refractivity contribution in [3.05, 3.63) is 47.4 Å². The molecule has 1 aromatic heterocycles. The van der Waals surface area contributed by atoms with Crippen LogP contribution >= 0.6 is 11.3 Å². The number of thiazole rings is 1. The van der Waals surface area contributed by atoms with Crippen LogP contribution in [0.2, 0.25) is 0 Å². The van der Waals surface area contributed by atoms with Crippen molar-refractivity contribution in [1.29, 1.82) is 0 Å². The topological polar surface area (TPSA) is 55.7 Å². The lowest BCUT2D eigenvalue weighted by molar-refractivity contribution is 0.282. The summed E-state index contributed by atoms with van der Waals surface area (Å²) in [6, 6.07) is 0.377. The maximum Gasteiger partial charge on any atom is 0.183 e. The summed E-state index contributed by atoms with van der Waals surface area (Å²) in [7, 11) is 3.29. The number of anilines is 1. The van der Waals surface area contributed by atoms with Crippen LogP contribution in [0.25, 0.3) is 0 Å². The van der Waals surface area contributed by atoms with Crippen molar-refractivity contribution >= 4 is 22.7 Å². The molecule has 0 aliphatic rings. The Labute approximate surface area is 148 Å². The van der Waals surface area contributed by atoms with Crippen LogP contribution in [0.15, 0.2) is 46.7 Å². The van der Waals surface area contributed by atoms with E-state index in [0.29, 0.717) is 19.0 Å². The Balaban J connectivity index is 2.42. The number of hydrogen-bond donors (Lipinski definition) is 1. The van der Waals surface area contributed by atoms with E-state index in [9.17, 15) is 0 Å². The van der Waals surface area contributed by atoms with E-state index < -0.39 is 0 Å². The first kappa shape index (κ1) is 20.0. The fourth-order valence-corrected chi connectivity index (χ4v) is 2.51. The summed E-state index contributed by atoms with van der Waals surface area (Å²) in [5, 5.41) is 6.18. The highest BCUT2D eigenvalue weighted by Crippen LogP contribution is 2.15. The van der Waals surface area contributed by atoms with Gasteiger partial charge in [0.05, 0.1) is 38.0 Å². The summed E-state index contributed by atoms with van der Waals surface area (Å²) in [4.78, 5) is 8.82. The predicted octanol–water partition coefficient (Wildman–Crippen LogP) is 4.41. The third-order valence-corrected chi connectivity index (χ3v) is 3.76. The normalized spacial score (nSPS) is 12.3. The number of hydrogen-bond acceptors (Lipinski definition) is 6. The van der Waals surface area contributed by atoms with Crippen LogP contribution in [-0.2, 0) is 9.47 Å². The van der Waals surface area contributed by atoms with E-state index in [1.54, 1.807) is 31.8 Å². The van der Waals surface area contributed by atoms with E-state index in [2.05, 4.69) is 35.7 Å². The van der Waals surface area contributed by atoms with Gasteiger partial charge < -0.3 is 14.8 Å². The quantitative estimate of drug-likeness (QED) is 0.365. The molecule has 0 amide bonds. The van der Waals surface area contributed by atoms with Gasteiger partial charge in [-0.1, -0.05) is 18.7 Å². The number of aromatic nitrogens is 1. The van der Waals surface area contributed by atoms with Crippen LogP contribution in [0.4, 0.5) is 5.13 Å². The molecule has 132 valence electrons. The summed E-state index contributed by atoms with van der Waals surface area (Å²) < 4.78 is 10.4. The zero-order valence-electron chi connectivity index (χ0n) is 14.9. The lowest BCUT2D eigenvalue weighted by Gasteiger charge is -2.03. The SMILES string of the molecule is C=C(C/C=C\C/C(=C\CN=Cc1csc(NC(C)C)n1)OC)OC. The summed E-state index contributed by atoms with van der Waals surface area (Å²) in [6.45, 7) is 8.51. The molecule has 1 aromatic rings. The second kappa shape index (κ2) is 11.5. The third-order valence-electron chi connectivity index (χ3n) is 2.96. The van der Waals surface area contributed by atoms with Gasteiger partial charge in [-0.05, 0) is 19.9 Å². The highest BCUT2D eigenvalue weighted by atomic mass is 32.1. The van der Waals surface area contributed by atoms with Gasteiger partial charge in [-0.3, -0.25) is 4.99 Å². The molecule has 0 aliphatic heterocycles. The zero-order valence-corrected chi connectivity index (χ0v) is 15.7. The summed E-state index contributed by atoms with van der Waals surface area (Å²) in [5.41, 5.74) is 0.869. The van der Waals surface area contributed by atoms with Crippen LogP contribution in [0.5, 0.6) is 0 Å². The van der Waals surface area contributed by atoms with E-state index in [1.807, 2.05) is 23.6 Å². The standard InChI is InChI=1S/C18H27N3O2S/c1-14(2)20-18-21-16(13-24-18)12-19-11-10-17(23-5)9-7-6-8-15(3)22-4/h6-7,10,12-14H,3,8-9,11H2,1-2,4-5H3,(H,20,21)/b7-6-,17-10+,19-12?. The monoisotopic (exact) mass is 349 g/mol. The van der Waals surface area contributed by atoms with Gasteiger partial charge in [0.15, 0.2) is 5.13 Å². The Morgan fingerprint density at radius 1 is 1.33 bits per heavy atom. The molecule has 0 saturated heterocycles. The summed E-state index contributed by atoms with van der Waals surface area (Å²) >= 11 is 1.58. The Morgan fingerprint density at radius 2 is 2.08 bits per heavy atom. The smallest absolute Gasteiger partial charge is 0.183 e. The molecule has 1 rings (SSSR count). The van der Waals surface area contributed by atoms with Gasteiger partial charge in [0.25, 0.3) is 0 Å². The van der Waals surface area contributed by atoms with Gasteiger partial charge in [0.1, 0.15) is 0 Å². The average Bonchev–Trinajstić information content (AvgIpc) is 2.99. The molecule has 0 radical (unpaired) electrons. The molecule has 0 aromatic carbocycles. The van der Waals surface area contributed by atoms with Crippen LogP contribution in [0, 0.1) is 0 Å². The predicted molar refractivity (Wildman–Crippen MR) is 103 cm³/mol. The van der Waals surface area contributed by atoms with Crippen molar-refractivity contribution in [3.8, 4) is 0 Å². The van der Waals surface area contributed by atoms with E-state index in [-0.39, 0.29) is 0 Å². The van der Waals surface area contributed by atoms with Crippen LogP contribution < -0.4 is 5.32 Å². The van der Waals surface area contributed by atoms with Gasteiger partial charge in [-0.25, -0.2) is 4.98 Å². The molecule has 6 heteroatoms. The van der Waals surface area contributed by atoms with Crippen LogP contribution in [0.1, 0.15) is 32.4 Å². The van der Waals surface area contributed by atoms with Crippen molar-refractivity contribution in [2.75, 3.05) is 26.1 Å². The first-order valence-corrected chi connectivity index (χ1v) is 8.74. The van der Waals surface area contributed by atoms with Crippen LogP contribution in [0.3, 0.4) is 0 Å². The molecule has 0 unspecified atom stereocenters. The maximum atomic E-state index is 5.34. The minimum Gasteiger partial charge on any atom is -0.501 e. The summed E-state index contributed by atoms with van der Waals surface area (Å²) in [6.07, 6.45) is 9.23. The van der Waals surface area contributed by atoms with Crippen molar-refractivity contribution in [1.82, 2.24) is 4.98 Å². The van der Waals surface area contributed by atoms with Crippen molar-refractivity contribution in [2.45, 2.75) is 32.7 Å². The molecule has 1 heterocycles. The van der Waals surface area contributed by atoms with Gasteiger partial charge in [-0.2, -0.15) is 0 Å². The Kier molecular flexibility index (Phi) is 9.53. The fourth-order valence-electron chi connectivity index (χ4n) is 1.71. The average molecular weight is 350 g/mol. The fraction of sp³-hybridized carbons (Fsp3) is 0.444. The number of nitrogens with one attached hydrogen (secondary N) is 1. The maximum absolute atomic E-state index is 5.34. The molecule has 0 bridgehead atoms. The second-order valence-corrected chi connectivity index (χ2v) is 6.23. The summed E-state index contributed by atoms with van der Waals surface area (Å²) in [5.74, 6) is 1.63. The number of nitrogens with zero attached hydrogens (tertiary/aromatic N) is 2. The molecule has 0 aliphatic carbocycles. The van der Waals surface area contributed by atoms with Crippen molar-refractivity contribution < 1.29 is 9.47 Å². The first-order valence-electron chi connectivity index (χ1n) is 7.86. The molecule has 0 saturated carbocycles. The molecule has 0 spiro atoms. The first-order chi connectivity index (χ1) is 11.5. The van der Waals surface area contributed by atoms with Crippen molar-refractivity contribution in [2.24, 2.45) is 4.99 Å². The molecular weight excluding hydrogens is 322 g/mol. The molecule has 0 fully saturated rings. The third kappa shape index (κ3) is 8.53. The van der Waals surface area contributed by atoms with Gasteiger partial charge >= 0.3 is 0 Å². The molecule has 24 heavy (non-hydrogen) atoms. The number of ether oxygens (including phenoxy) is 2. The van der Waals surface area contributed by atoms with Crippen molar-refractivity contribution in [3.63, 3.8) is 0 Å². The van der Waals surface area contributed by atoms with E-state index in [4.69, 9.17) is 9.47 Å². The minimum atomic E-state index is 0.377. The van der Waals surface area contributed by atoms with Gasteiger partial charge in [0.2, 0.25) is 0 Å². The molecule has 1 N–H and O–H groups in total. The Bertz CT molecular complexity index is 589. The highest BCUT2D eigenvalue weighted by molar-refractivity contribution is 7.13. The Morgan fingerprint density at radius 3 is 2.75 bits per heavy atom. The largest absolute Gasteiger partial charge is 0.501 e. The van der Waals surface area contributed by atoms with Gasteiger partial charge in [-0.15, -0.1) is 11.3 Å². The number of aliphatic imine (C=N–C) groups is 1. The van der Waals surface area contributed by atoms with Crippen LogP contribution in [-0.4, -0.2) is 38.0 Å². The molecule has 0 atom stereocenters. The second-order valence-electron chi connectivity index (χ2n) is 5.37. The van der Waals surface area contributed by atoms with E-state index in [0.717, 1.165) is 28.8 Å².